The van der Waals surface area contributed by atoms with Crippen molar-refractivity contribution in [3.05, 3.63) is 64.6 Å². The SMILES string of the molecule is O=C(/C=C/c1nc2ccccc2s1)N1CCN(c2ccc(Cl)cc2)CC1. The van der Waals surface area contributed by atoms with Crippen molar-refractivity contribution in [3.8, 4) is 0 Å². The van der Waals surface area contributed by atoms with Gasteiger partial charge in [-0.3, -0.25) is 4.79 Å². The van der Waals surface area contributed by atoms with E-state index in [0.29, 0.717) is 13.1 Å². The Balaban J connectivity index is 1.36. The number of piperazine rings is 1. The highest BCUT2D eigenvalue weighted by atomic mass is 35.5. The molecule has 0 saturated carbocycles. The molecule has 0 radical (unpaired) electrons. The monoisotopic (exact) mass is 383 g/mol. The summed E-state index contributed by atoms with van der Waals surface area (Å²) in [6.07, 6.45) is 3.45. The normalized spacial score (nSPS) is 15.1. The van der Waals surface area contributed by atoms with E-state index in [9.17, 15) is 4.79 Å². The topological polar surface area (TPSA) is 36.4 Å². The fraction of sp³-hybridized carbons (Fsp3) is 0.200. The number of aromatic nitrogens is 1. The quantitative estimate of drug-likeness (QED) is 0.632. The molecule has 0 atom stereocenters. The van der Waals surface area contributed by atoms with Crippen LogP contribution in [0.1, 0.15) is 5.01 Å². The molecule has 1 amide bonds. The van der Waals surface area contributed by atoms with Crippen molar-refractivity contribution in [1.82, 2.24) is 9.88 Å². The summed E-state index contributed by atoms with van der Waals surface area (Å²) >= 11 is 7.54. The molecule has 1 saturated heterocycles. The van der Waals surface area contributed by atoms with Crippen molar-refractivity contribution in [2.75, 3.05) is 31.1 Å². The minimum atomic E-state index is 0.0417. The molecule has 6 heteroatoms. The van der Waals surface area contributed by atoms with E-state index in [4.69, 9.17) is 11.6 Å². The zero-order chi connectivity index (χ0) is 17.9. The molecular weight excluding hydrogens is 366 g/mol. The van der Waals surface area contributed by atoms with Crippen molar-refractivity contribution in [3.63, 3.8) is 0 Å². The Hall–Kier alpha value is -2.37. The Labute approximate surface area is 161 Å². The molecule has 1 fully saturated rings. The van der Waals surface area contributed by atoms with Crippen molar-refractivity contribution < 1.29 is 4.79 Å². The van der Waals surface area contributed by atoms with Gasteiger partial charge in [0.15, 0.2) is 0 Å². The van der Waals surface area contributed by atoms with Gasteiger partial charge in [0.1, 0.15) is 5.01 Å². The Bertz CT molecular complexity index is 910. The molecular formula is C20H18ClN3OS. The van der Waals surface area contributed by atoms with Crippen LogP contribution in [0.2, 0.25) is 5.02 Å². The number of halogens is 1. The van der Waals surface area contributed by atoms with Gasteiger partial charge in [0.05, 0.1) is 10.2 Å². The van der Waals surface area contributed by atoms with Crippen LogP contribution in [0, 0.1) is 0 Å². The molecule has 1 aliphatic heterocycles. The third-order valence-electron chi connectivity index (χ3n) is 4.46. The summed E-state index contributed by atoms with van der Waals surface area (Å²) in [5.74, 6) is 0.0417. The number of benzene rings is 2. The molecule has 1 aliphatic rings. The minimum absolute atomic E-state index is 0.0417. The molecule has 0 N–H and O–H groups in total. The molecule has 0 spiro atoms. The molecule has 2 heterocycles. The van der Waals surface area contributed by atoms with E-state index in [2.05, 4.69) is 9.88 Å². The second-order valence-corrected chi connectivity index (χ2v) is 7.64. The lowest BCUT2D eigenvalue weighted by Crippen LogP contribution is -2.48. The summed E-state index contributed by atoms with van der Waals surface area (Å²) in [5, 5.41) is 1.60. The van der Waals surface area contributed by atoms with Gasteiger partial charge in [-0.2, -0.15) is 0 Å². The van der Waals surface area contributed by atoms with Crippen LogP contribution >= 0.6 is 22.9 Å². The van der Waals surface area contributed by atoms with E-state index >= 15 is 0 Å². The summed E-state index contributed by atoms with van der Waals surface area (Å²) in [6, 6.07) is 15.8. The number of carbonyl (C=O) groups excluding carboxylic acids is 1. The number of nitrogens with zero attached hydrogens (tertiary/aromatic N) is 3. The van der Waals surface area contributed by atoms with Crippen molar-refractivity contribution in [1.29, 1.82) is 0 Å². The summed E-state index contributed by atoms with van der Waals surface area (Å²) in [6.45, 7) is 3.07. The Morgan fingerprint density at radius 1 is 1.04 bits per heavy atom. The van der Waals surface area contributed by atoms with Crippen LogP contribution in [0.15, 0.2) is 54.6 Å². The van der Waals surface area contributed by atoms with E-state index in [1.807, 2.05) is 59.5 Å². The maximum atomic E-state index is 12.5. The third kappa shape index (κ3) is 3.74. The van der Waals surface area contributed by atoms with E-state index < -0.39 is 0 Å². The lowest BCUT2D eigenvalue weighted by molar-refractivity contribution is -0.126. The second-order valence-electron chi connectivity index (χ2n) is 6.14. The molecule has 4 nitrogen and oxygen atoms in total. The number of anilines is 1. The van der Waals surface area contributed by atoms with Gasteiger partial charge in [-0.25, -0.2) is 4.98 Å². The lowest BCUT2D eigenvalue weighted by atomic mass is 10.2. The highest BCUT2D eigenvalue weighted by Crippen LogP contribution is 2.23. The smallest absolute Gasteiger partial charge is 0.246 e. The zero-order valence-electron chi connectivity index (χ0n) is 14.1. The average molecular weight is 384 g/mol. The second kappa shape index (κ2) is 7.48. The molecule has 0 bridgehead atoms. The number of rotatable bonds is 3. The van der Waals surface area contributed by atoms with Crippen LogP contribution in [-0.4, -0.2) is 42.0 Å². The molecule has 132 valence electrons. The first-order valence-corrected chi connectivity index (χ1v) is 9.71. The standard InChI is InChI=1S/C20H18ClN3OS/c21-15-5-7-16(8-6-15)23-11-13-24(14-12-23)20(25)10-9-19-22-17-3-1-2-4-18(17)26-19/h1-10H,11-14H2/b10-9+. The summed E-state index contributed by atoms with van der Waals surface area (Å²) < 4.78 is 1.14. The van der Waals surface area contributed by atoms with Gasteiger partial charge in [0, 0.05) is 43.0 Å². The van der Waals surface area contributed by atoms with Crippen LogP contribution in [0.4, 0.5) is 5.69 Å². The fourth-order valence-corrected chi connectivity index (χ4v) is 4.04. The van der Waals surface area contributed by atoms with Gasteiger partial charge in [0.25, 0.3) is 0 Å². The molecule has 4 rings (SSSR count). The van der Waals surface area contributed by atoms with Crippen molar-refractivity contribution in [2.45, 2.75) is 0 Å². The molecule has 3 aromatic rings. The number of hydrogen-bond acceptors (Lipinski definition) is 4. The van der Waals surface area contributed by atoms with Gasteiger partial charge in [-0.05, 0) is 42.5 Å². The Kier molecular flexibility index (Phi) is 4.91. The minimum Gasteiger partial charge on any atom is -0.368 e. The Morgan fingerprint density at radius 2 is 1.77 bits per heavy atom. The molecule has 1 aromatic heterocycles. The zero-order valence-corrected chi connectivity index (χ0v) is 15.7. The molecule has 0 unspecified atom stereocenters. The van der Waals surface area contributed by atoms with E-state index in [-0.39, 0.29) is 5.91 Å². The predicted octanol–water partition coefficient (Wildman–Crippen LogP) is 4.31. The van der Waals surface area contributed by atoms with E-state index in [1.54, 1.807) is 17.4 Å². The van der Waals surface area contributed by atoms with E-state index in [0.717, 1.165) is 39.0 Å². The van der Waals surface area contributed by atoms with Gasteiger partial charge in [-0.15, -0.1) is 11.3 Å². The average Bonchev–Trinajstić information content (AvgIpc) is 3.10. The number of para-hydroxylation sites is 1. The highest BCUT2D eigenvalue weighted by Gasteiger charge is 2.19. The van der Waals surface area contributed by atoms with Crippen LogP contribution in [-0.2, 0) is 4.79 Å². The molecule has 26 heavy (non-hydrogen) atoms. The Morgan fingerprint density at radius 3 is 2.50 bits per heavy atom. The maximum absolute atomic E-state index is 12.5. The summed E-state index contributed by atoms with van der Waals surface area (Å²) in [7, 11) is 0. The van der Waals surface area contributed by atoms with Crippen LogP contribution in [0.3, 0.4) is 0 Å². The first-order valence-electron chi connectivity index (χ1n) is 8.52. The number of amides is 1. The molecule has 0 aliphatic carbocycles. The van der Waals surface area contributed by atoms with Crippen molar-refractivity contribution >= 4 is 50.8 Å². The lowest BCUT2D eigenvalue weighted by Gasteiger charge is -2.35. The van der Waals surface area contributed by atoms with Gasteiger partial charge < -0.3 is 9.80 Å². The number of fused-ring (bicyclic) bond motifs is 1. The van der Waals surface area contributed by atoms with Crippen LogP contribution in [0.5, 0.6) is 0 Å². The van der Waals surface area contributed by atoms with Crippen molar-refractivity contribution in [2.24, 2.45) is 0 Å². The van der Waals surface area contributed by atoms with Gasteiger partial charge in [-0.1, -0.05) is 23.7 Å². The summed E-state index contributed by atoms with van der Waals surface area (Å²) in [4.78, 5) is 21.1. The fourth-order valence-electron chi connectivity index (χ4n) is 3.05. The number of carbonyl (C=O) groups is 1. The first-order chi connectivity index (χ1) is 12.7. The summed E-state index contributed by atoms with van der Waals surface area (Å²) in [5.41, 5.74) is 2.12. The highest BCUT2D eigenvalue weighted by molar-refractivity contribution is 7.19. The first kappa shape index (κ1) is 17.1. The predicted molar refractivity (Wildman–Crippen MR) is 109 cm³/mol. The van der Waals surface area contributed by atoms with Crippen LogP contribution in [0.25, 0.3) is 16.3 Å². The van der Waals surface area contributed by atoms with Crippen LogP contribution < -0.4 is 4.90 Å². The van der Waals surface area contributed by atoms with E-state index in [1.165, 1.54) is 0 Å². The maximum Gasteiger partial charge on any atom is 0.246 e. The van der Waals surface area contributed by atoms with Gasteiger partial charge in [0.2, 0.25) is 5.91 Å². The largest absolute Gasteiger partial charge is 0.368 e. The third-order valence-corrected chi connectivity index (χ3v) is 5.72. The molecule has 2 aromatic carbocycles. The number of thiazole rings is 1. The van der Waals surface area contributed by atoms with Gasteiger partial charge >= 0.3 is 0 Å². The number of hydrogen-bond donors (Lipinski definition) is 0.